The fraction of sp³-hybridized carbons (Fsp3) is 0.429. The standard InChI is InChI=1S/C21H27NO2S/c1-3-25(23,24)21-12-10-20(11-13-21)19-8-6-18(7-9-19)14-16-22-15-4-5-17(22)2/h6-13,17H,3-5,14-16H2,1-2H3. The van der Waals surface area contributed by atoms with E-state index in [0.717, 1.165) is 30.1 Å². The largest absolute Gasteiger partial charge is 0.300 e. The summed E-state index contributed by atoms with van der Waals surface area (Å²) in [4.78, 5) is 2.97. The molecule has 25 heavy (non-hydrogen) atoms. The third-order valence-corrected chi connectivity index (χ3v) is 7.01. The molecule has 134 valence electrons. The van der Waals surface area contributed by atoms with Gasteiger partial charge < -0.3 is 4.90 Å². The molecule has 0 aromatic heterocycles. The van der Waals surface area contributed by atoms with Crippen LogP contribution in [0.5, 0.6) is 0 Å². The van der Waals surface area contributed by atoms with Gasteiger partial charge in [-0.15, -0.1) is 0 Å². The quantitative estimate of drug-likeness (QED) is 0.778. The molecule has 3 nitrogen and oxygen atoms in total. The minimum atomic E-state index is -3.13. The third-order valence-electron chi connectivity index (χ3n) is 5.26. The van der Waals surface area contributed by atoms with Crippen LogP contribution in [-0.4, -0.2) is 38.2 Å². The van der Waals surface area contributed by atoms with Gasteiger partial charge >= 0.3 is 0 Å². The highest BCUT2D eigenvalue weighted by Crippen LogP contribution is 2.23. The average molecular weight is 358 g/mol. The summed E-state index contributed by atoms with van der Waals surface area (Å²) in [5.41, 5.74) is 3.53. The molecular weight excluding hydrogens is 330 g/mol. The number of nitrogens with zero attached hydrogens (tertiary/aromatic N) is 1. The molecule has 0 saturated carbocycles. The van der Waals surface area contributed by atoms with Crippen molar-refractivity contribution in [3.05, 3.63) is 54.1 Å². The van der Waals surface area contributed by atoms with Crippen LogP contribution in [0.25, 0.3) is 11.1 Å². The Morgan fingerprint density at radius 3 is 2.12 bits per heavy atom. The molecule has 0 radical (unpaired) electrons. The van der Waals surface area contributed by atoms with Crippen molar-refractivity contribution >= 4 is 9.84 Å². The van der Waals surface area contributed by atoms with Crippen molar-refractivity contribution in [2.75, 3.05) is 18.8 Å². The van der Waals surface area contributed by atoms with Crippen LogP contribution in [0, 0.1) is 0 Å². The zero-order valence-corrected chi connectivity index (χ0v) is 15.9. The molecule has 2 aromatic rings. The lowest BCUT2D eigenvalue weighted by molar-refractivity contribution is 0.272. The smallest absolute Gasteiger partial charge is 0.178 e. The van der Waals surface area contributed by atoms with Crippen LogP contribution >= 0.6 is 0 Å². The van der Waals surface area contributed by atoms with Gasteiger partial charge in [-0.2, -0.15) is 0 Å². The van der Waals surface area contributed by atoms with Crippen LogP contribution in [0.3, 0.4) is 0 Å². The molecule has 1 aliphatic heterocycles. The molecule has 0 aliphatic carbocycles. The molecule has 0 spiro atoms. The Morgan fingerprint density at radius 1 is 1.00 bits per heavy atom. The number of benzene rings is 2. The van der Waals surface area contributed by atoms with E-state index in [9.17, 15) is 8.42 Å². The molecule has 0 N–H and O–H groups in total. The van der Waals surface area contributed by atoms with Gasteiger partial charge in [0.2, 0.25) is 0 Å². The predicted molar refractivity (Wildman–Crippen MR) is 104 cm³/mol. The Bertz CT molecular complexity index is 795. The molecule has 1 heterocycles. The van der Waals surface area contributed by atoms with Crippen molar-refractivity contribution in [3.63, 3.8) is 0 Å². The molecule has 1 unspecified atom stereocenters. The highest BCUT2D eigenvalue weighted by atomic mass is 32.2. The number of likely N-dealkylation sites (tertiary alicyclic amines) is 1. The van der Waals surface area contributed by atoms with E-state index in [2.05, 4.69) is 36.1 Å². The van der Waals surface area contributed by atoms with Gasteiger partial charge in [-0.1, -0.05) is 43.3 Å². The number of hydrogen-bond acceptors (Lipinski definition) is 3. The summed E-state index contributed by atoms with van der Waals surface area (Å²) >= 11 is 0. The van der Waals surface area contributed by atoms with Crippen LogP contribution in [0.2, 0.25) is 0 Å². The minimum Gasteiger partial charge on any atom is -0.300 e. The molecule has 3 rings (SSSR count). The van der Waals surface area contributed by atoms with E-state index < -0.39 is 9.84 Å². The summed E-state index contributed by atoms with van der Waals surface area (Å²) in [6.45, 7) is 6.35. The van der Waals surface area contributed by atoms with Crippen LogP contribution in [0.1, 0.15) is 32.3 Å². The predicted octanol–water partition coefficient (Wildman–Crippen LogP) is 4.17. The van der Waals surface area contributed by atoms with Crippen molar-refractivity contribution in [3.8, 4) is 11.1 Å². The van der Waals surface area contributed by atoms with Gasteiger partial charge in [-0.25, -0.2) is 8.42 Å². The zero-order valence-electron chi connectivity index (χ0n) is 15.1. The van der Waals surface area contributed by atoms with Crippen LogP contribution in [0.4, 0.5) is 0 Å². The molecule has 1 fully saturated rings. The highest BCUT2D eigenvalue weighted by molar-refractivity contribution is 7.91. The molecule has 1 atom stereocenters. The van der Waals surface area contributed by atoms with Gasteiger partial charge in [0.25, 0.3) is 0 Å². The van der Waals surface area contributed by atoms with Gasteiger partial charge in [0, 0.05) is 12.6 Å². The maximum atomic E-state index is 11.9. The lowest BCUT2D eigenvalue weighted by atomic mass is 10.0. The van der Waals surface area contributed by atoms with Crippen molar-refractivity contribution in [1.82, 2.24) is 4.90 Å². The van der Waals surface area contributed by atoms with Crippen LogP contribution < -0.4 is 0 Å². The molecule has 2 aromatic carbocycles. The monoisotopic (exact) mass is 357 g/mol. The lowest BCUT2D eigenvalue weighted by Gasteiger charge is -2.20. The van der Waals surface area contributed by atoms with E-state index in [1.54, 1.807) is 19.1 Å². The Morgan fingerprint density at radius 2 is 1.60 bits per heavy atom. The fourth-order valence-electron chi connectivity index (χ4n) is 3.48. The zero-order chi connectivity index (χ0) is 17.9. The van der Waals surface area contributed by atoms with E-state index >= 15 is 0 Å². The Kier molecular flexibility index (Phi) is 5.60. The number of sulfone groups is 1. The number of hydrogen-bond donors (Lipinski definition) is 0. The SMILES string of the molecule is CCS(=O)(=O)c1ccc(-c2ccc(CCN3CCCC3C)cc2)cc1. The summed E-state index contributed by atoms with van der Waals surface area (Å²) in [7, 11) is -3.13. The van der Waals surface area contributed by atoms with Crippen molar-refractivity contribution in [1.29, 1.82) is 0 Å². The Balaban J connectivity index is 1.66. The first kappa shape index (κ1) is 18.2. The molecule has 1 saturated heterocycles. The van der Waals surface area contributed by atoms with Gasteiger partial charge in [0.05, 0.1) is 10.6 Å². The van der Waals surface area contributed by atoms with Gasteiger partial charge in [-0.3, -0.25) is 0 Å². The van der Waals surface area contributed by atoms with Crippen molar-refractivity contribution in [2.45, 2.75) is 44.0 Å². The van der Waals surface area contributed by atoms with Gasteiger partial charge in [0.15, 0.2) is 9.84 Å². The average Bonchev–Trinajstić information content (AvgIpc) is 3.05. The van der Waals surface area contributed by atoms with E-state index in [1.165, 1.54) is 24.9 Å². The first-order valence-electron chi connectivity index (χ1n) is 9.16. The van der Waals surface area contributed by atoms with E-state index in [0.29, 0.717) is 4.90 Å². The second-order valence-electron chi connectivity index (χ2n) is 6.90. The minimum absolute atomic E-state index is 0.136. The van der Waals surface area contributed by atoms with E-state index in [-0.39, 0.29) is 5.75 Å². The van der Waals surface area contributed by atoms with Gasteiger partial charge in [0.1, 0.15) is 0 Å². The lowest BCUT2D eigenvalue weighted by Crippen LogP contribution is -2.28. The highest BCUT2D eigenvalue weighted by Gasteiger charge is 2.19. The van der Waals surface area contributed by atoms with E-state index in [4.69, 9.17) is 0 Å². The third kappa shape index (κ3) is 4.31. The van der Waals surface area contributed by atoms with Gasteiger partial charge in [-0.05, 0) is 61.6 Å². The second kappa shape index (κ2) is 7.71. The first-order chi connectivity index (χ1) is 12.0. The molecule has 0 amide bonds. The summed E-state index contributed by atoms with van der Waals surface area (Å²) in [6.07, 6.45) is 3.73. The second-order valence-corrected chi connectivity index (χ2v) is 9.18. The normalized spacial score (nSPS) is 18.6. The molecule has 4 heteroatoms. The summed E-state index contributed by atoms with van der Waals surface area (Å²) < 4.78 is 23.8. The van der Waals surface area contributed by atoms with E-state index in [1.807, 2.05) is 12.1 Å². The Hall–Kier alpha value is -1.65. The molecule has 0 bridgehead atoms. The summed E-state index contributed by atoms with van der Waals surface area (Å²) in [6, 6.07) is 16.6. The maximum absolute atomic E-state index is 11.9. The van der Waals surface area contributed by atoms with Crippen molar-refractivity contribution < 1.29 is 8.42 Å². The van der Waals surface area contributed by atoms with Crippen molar-refractivity contribution in [2.24, 2.45) is 0 Å². The topological polar surface area (TPSA) is 37.4 Å². The first-order valence-corrected chi connectivity index (χ1v) is 10.8. The molecular formula is C21H27NO2S. The summed E-state index contributed by atoms with van der Waals surface area (Å²) in [5, 5.41) is 0. The fourth-order valence-corrected chi connectivity index (χ4v) is 4.37. The number of rotatable bonds is 6. The maximum Gasteiger partial charge on any atom is 0.178 e. The Labute approximate surface area is 151 Å². The van der Waals surface area contributed by atoms with Crippen LogP contribution in [0.15, 0.2) is 53.4 Å². The summed E-state index contributed by atoms with van der Waals surface area (Å²) in [5.74, 6) is 0.136. The van der Waals surface area contributed by atoms with Crippen LogP contribution in [-0.2, 0) is 16.3 Å². The molecule has 1 aliphatic rings.